The minimum Gasteiger partial charge on any atom is -0.450 e. The Morgan fingerprint density at radius 3 is 2.33 bits per heavy atom. The van der Waals surface area contributed by atoms with E-state index in [1.54, 1.807) is 0 Å². The van der Waals surface area contributed by atoms with Crippen LogP contribution in [0.3, 0.4) is 0 Å². The van der Waals surface area contributed by atoms with Gasteiger partial charge in [0.2, 0.25) is 11.8 Å². The van der Waals surface area contributed by atoms with Crippen LogP contribution < -0.4 is 4.90 Å². The molecular formula is C26H35N3O4. The van der Waals surface area contributed by atoms with Crippen LogP contribution in [-0.4, -0.2) is 65.5 Å². The molecule has 4 aliphatic heterocycles. The van der Waals surface area contributed by atoms with Crippen molar-refractivity contribution >= 4 is 23.6 Å². The van der Waals surface area contributed by atoms with Crippen LogP contribution in [-0.2, 0) is 19.7 Å². The smallest absolute Gasteiger partial charge is 0.410 e. The minimum atomic E-state index is -0.203. The number of amides is 3. The summed E-state index contributed by atoms with van der Waals surface area (Å²) in [5.74, 6) is -0.289. The molecule has 4 heterocycles. The lowest BCUT2D eigenvalue weighted by Crippen LogP contribution is -2.55. The third-order valence-corrected chi connectivity index (χ3v) is 8.56. The van der Waals surface area contributed by atoms with Crippen LogP contribution in [0.15, 0.2) is 24.3 Å². The summed E-state index contributed by atoms with van der Waals surface area (Å²) in [4.78, 5) is 43.6. The number of para-hydroxylation sites is 1. The van der Waals surface area contributed by atoms with Crippen molar-refractivity contribution in [3.05, 3.63) is 29.8 Å². The predicted molar refractivity (Wildman–Crippen MR) is 125 cm³/mol. The topological polar surface area (TPSA) is 70.2 Å². The van der Waals surface area contributed by atoms with Crippen LogP contribution in [0.25, 0.3) is 0 Å². The highest BCUT2D eigenvalue weighted by Gasteiger charge is 2.48. The van der Waals surface area contributed by atoms with Gasteiger partial charge in [-0.25, -0.2) is 4.79 Å². The van der Waals surface area contributed by atoms with Crippen molar-refractivity contribution in [2.24, 2.45) is 0 Å². The monoisotopic (exact) mass is 453 g/mol. The van der Waals surface area contributed by atoms with Gasteiger partial charge in [0.05, 0.1) is 12.3 Å². The molecule has 3 saturated heterocycles. The number of benzene rings is 1. The van der Waals surface area contributed by atoms with Crippen molar-refractivity contribution in [2.75, 3.05) is 24.6 Å². The molecule has 3 fully saturated rings. The molecular weight excluding hydrogens is 418 g/mol. The fourth-order valence-electron chi connectivity index (χ4n) is 6.97. The Morgan fingerprint density at radius 1 is 1.03 bits per heavy atom. The van der Waals surface area contributed by atoms with Gasteiger partial charge in [0.25, 0.3) is 0 Å². The molecule has 1 spiro atoms. The van der Waals surface area contributed by atoms with Gasteiger partial charge in [-0.3, -0.25) is 14.5 Å². The molecule has 2 bridgehead atoms. The van der Waals surface area contributed by atoms with Gasteiger partial charge in [-0.2, -0.15) is 0 Å². The molecule has 5 rings (SSSR count). The third kappa shape index (κ3) is 3.84. The molecule has 0 radical (unpaired) electrons. The Balaban J connectivity index is 1.31. The fourth-order valence-corrected chi connectivity index (χ4v) is 6.97. The number of anilines is 1. The lowest BCUT2D eigenvalue weighted by Gasteiger charge is -2.48. The van der Waals surface area contributed by atoms with Crippen molar-refractivity contribution in [2.45, 2.75) is 88.8 Å². The predicted octanol–water partition coefficient (Wildman–Crippen LogP) is 3.85. The number of imide groups is 1. The number of rotatable bonds is 2. The molecule has 2 atom stereocenters. The van der Waals surface area contributed by atoms with Gasteiger partial charge in [0.15, 0.2) is 0 Å². The molecule has 2 unspecified atom stereocenters. The van der Waals surface area contributed by atoms with Gasteiger partial charge in [-0.05, 0) is 76.6 Å². The summed E-state index contributed by atoms with van der Waals surface area (Å²) < 4.78 is 5.32. The maximum Gasteiger partial charge on any atom is 0.410 e. The van der Waals surface area contributed by atoms with Gasteiger partial charge in [0, 0.05) is 36.9 Å². The highest BCUT2D eigenvalue weighted by molar-refractivity contribution is 6.15. The maximum atomic E-state index is 12.8. The van der Waals surface area contributed by atoms with Crippen LogP contribution >= 0.6 is 0 Å². The van der Waals surface area contributed by atoms with E-state index >= 15 is 0 Å². The molecule has 7 nitrogen and oxygen atoms in total. The zero-order valence-electron chi connectivity index (χ0n) is 19.8. The second-order valence-electron chi connectivity index (χ2n) is 10.2. The number of fused-ring (bicyclic) bond motifs is 4. The van der Waals surface area contributed by atoms with E-state index in [-0.39, 0.29) is 23.3 Å². The van der Waals surface area contributed by atoms with E-state index in [0.717, 1.165) is 69.3 Å². The molecule has 0 aromatic heterocycles. The number of likely N-dealkylation sites (tertiary alicyclic amines) is 1. The molecule has 7 heteroatoms. The van der Waals surface area contributed by atoms with E-state index in [4.69, 9.17) is 4.74 Å². The van der Waals surface area contributed by atoms with Crippen LogP contribution in [0, 0.1) is 0 Å². The number of ether oxygens (including phenoxy) is 1. The third-order valence-electron chi connectivity index (χ3n) is 8.56. The van der Waals surface area contributed by atoms with Crippen LogP contribution in [0.5, 0.6) is 0 Å². The van der Waals surface area contributed by atoms with Crippen molar-refractivity contribution in [1.29, 1.82) is 0 Å². The van der Waals surface area contributed by atoms with E-state index in [0.29, 0.717) is 31.2 Å². The van der Waals surface area contributed by atoms with Gasteiger partial charge >= 0.3 is 6.09 Å². The van der Waals surface area contributed by atoms with E-state index in [1.807, 2.05) is 30.0 Å². The van der Waals surface area contributed by atoms with Crippen LogP contribution in [0.2, 0.25) is 0 Å². The molecule has 0 aliphatic carbocycles. The fraction of sp³-hybridized carbons (Fsp3) is 0.654. The Labute approximate surface area is 196 Å². The van der Waals surface area contributed by atoms with Crippen molar-refractivity contribution in [1.82, 2.24) is 9.80 Å². The zero-order valence-corrected chi connectivity index (χ0v) is 19.8. The summed E-state index contributed by atoms with van der Waals surface area (Å²) in [6, 6.07) is 9.09. The van der Waals surface area contributed by atoms with E-state index in [1.165, 1.54) is 11.8 Å². The molecule has 0 saturated carbocycles. The number of nitrogens with zero attached hydrogens (tertiary/aromatic N) is 3. The summed E-state index contributed by atoms with van der Waals surface area (Å²) in [5, 5.41) is 0. The standard InChI is InChI=1S/C26H35N3O4/c1-3-33-25(32)29-19-8-9-20(29)17-21(16-19)27-14-12-26(13-15-27)11-10-24(31)28(18(2)30)23-7-5-4-6-22(23)26/h4-7,19-21H,3,8-17H2,1-2H3. The number of carbonyl (C=O) groups excluding carboxylic acids is 3. The largest absolute Gasteiger partial charge is 0.450 e. The second kappa shape index (κ2) is 8.75. The SMILES string of the molecule is CCOC(=O)N1C2CCC1CC(N1CCC3(CCC(=O)N(C(C)=O)c4ccccc43)CC1)C2. The van der Waals surface area contributed by atoms with Gasteiger partial charge in [0.1, 0.15) is 0 Å². The minimum absolute atomic E-state index is 0.0580. The Morgan fingerprint density at radius 2 is 1.70 bits per heavy atom. The first-order valence-corrected chi connectivity index (χ1v) is 12.6. The quantitative estimate of drug-likeness (QED) is 0.680. The molecule has 33 heavy (non-hydrogen) atoms. The Hall–Kier alpha value is -2.41. The van der Waals surface area contributed by atoms with Crippen LogP contribution in [0.1, 0.15) is 70.8 Å². The average molecular weight is 454 g/mol. The maximum absolute atomic E-state index is 12.8. The number of hydrogen-bond donors (Lipinski definition) is 0. The van der Waals surface area contributed by atoms with Crippen LogP contribution in [0.4, 0.5) is 10.5 Å². The number of hydrogen-bond acceptors (Lipinski definition) is 5. The first-order valence-electron chi connectivity index (χ1n) is 12.6. The second-order valence-corrected chi connectivity index (χ2v) is 10.2. The summed E-state index contributed by atoms with van der Waals surface area (Å²) in [6.45, 7) is 5.76. The molecule has 1 aromatic carbocycles. The zero-order chi connectivity index (χ0) is 23.2. The van der Waals surface area contributed by atoms with E-state index < -0.39 is 0 Å². The van der Waals surface area contributed by atoms with Crippen molar-refractivity contribution in [3.8, 4) is 0 Å². The molecule has 4 aliphatic rings. The number of carbonyl (C=O) groups is 3. The van der Waals surface area contributed by atoms with Crippen molar-refractivity contribution < 1.29 is 19.1 Å². The average Bonchev–Trinajstić information content (AvgIpc) is 3.01. The van der Waals surface area contributed by atoms with Gasteiger partial charge in [-0.1, -0.05) is 18.2 Å². The highest BCUT2D eigenvalue weighted by atomic mass is 16.6. The summed E-state index contributed by atoms with van der Waals surface area (Å²) >= 11 is 0. The van der Waals surface area contributed by atoms with E-state index in [9.17, 15) is 14.4 Å². The molecule has 1 aromatic rings. The first-order chi connectivity index (χ1) is 15.9. The molecule has 178 valence electrons. The summed E-state index contributed by atoms with van der Waals surface area (Å²) in [5.41, 5.74) is 1.88. The van der Waals surface area contributed by atoms with Crippen molar-refractivity contribution in [3.63, 3.8) is 0 Å². The lowest BCUT2D eigenvalue weighted by molar-refractivity contribution is -0.125. The van der Waals surface area contributed by atoms with Gasteiger partial charge in [-0.15, -0.1) is 0 Å². The molecule has 3 amide bonds. The lowest BCUT2D eigenvalue weighted by atomic mass is 9.69. The summed E-state index contributed by atoms with van der Waals surface area (Å²) in [7, 11) is 0. The van der Waals surface area contributed by atoms with Gasteiger partial charge < -0.3 is 14.5 Å². The highest BCUT2D eigenvalue weighted by Crippen LogP contribution is 2.47. The van der Waals surface area contributed by atoms with E-state index in [2.05, 4.69) is 11.0 Å². The molecule has 0 N–H and O–H groups in total. The first kappa shape index (κ1) is 22.4. The summed E-state index contributed by atoms with van der Waals surface area (Å²) in [6.07, 6.45) is 7.26. The Kier molecular flexibility index (Phi) is 5.93. The normalized spacial score (nSPS) is 29.0. The Bertz CT molecular complexity index is 925. The number of piperidine rings is 2.